The number of nitro groups is 1. The Balaban J connectivity index is 2.92. The molecule has 112 valence electrons. The smallest absolute Gasteiger partial charge is 0.398 e. The second kappa shape index (κ2) is 6.56. The van der Waals surface area contributed by atoms with E-state index >= 15 is 0 Å². The molecule has 0 saturated heterocycles. The molecule has 0 aromatic heterocycles. The highest BCUT2D eigenvalue weighted by molar-refractivity contribution is 5.52. The number of rotatable bonds is 6. The summed E-state index contributed by atoms with van der Waals surface area (Å²) in [5.74, 6) is 0. The lowest BCUT2D eigenvalue weighted by molar-refractivity contribution is -0.384. The van der Waals surface area contributed by atoms with Crippen LogP contribution in [0.15, 0.2) is 18.2 Å². The molecule has 1 aromatic rings. The van der Waals surface area contributed by atoms with E-state index in [4.69, 9.17) is 5.73 Å². The predicted octanol–water partition coefficient (Wildman–Crippen LogP) is 2.95. The standard InChI is InChI=1S/C12H16F3N3O2/c1-2-5-17(8-12(13,14)15)7-9-6-10(18(19)20)3-4-11(9)16/h3-4,6H,2,5,7-8,16H2,1H3. The monoisotopic (exact) mass is 291 g/mol. The molecule has 0 spiro atoms. The Labute approximate surface area is 114 Å². The molecule has 20 heavy (non-hydrogen) atoms. The van der Waals surface area contributed by atoms with Crippen molar-refractivity contribution in [3.05, 3.63) is 33.9 Å². The number of nitrogen functional groups attached to an aromatic ring is 1. The minimum Gasteiger partial charge on any atom is -0.398 e. The number of halogens is 3. The van der Waals surface area contributed by atoms with Gasteiger partial charge in [-0.2, -0.15) is 13.2 Å². The van der Waals surface area contributed by atoms with E-state index in [9.17, 15) is 23.3 Å². The van der Waals surface area contributed by atoms with Crippen LogP contribution in [-0.4, -0.2) is 29.1 Å². The SMILES string of the molecule is CCCN(Cc1cc([N+](=O)[O-])ccc1N)CC(F)(F)F. The van der Waals surface area contributed by atoms with Crippen LogP contribution >= 0.6 is 0 Å². The molecular weight excluding hydrogens is 275 g/mol. The number of hydrogen-bond donors (Lipinski definition) is 1. The van der Waals surface area contributed by atoms with Gasteiger partial charge in [-0.15, -0.1) is 0 Å². The first-order valence-corrected chi connectivity index (χ1v) is 6.05. The van der Waals surface area contributed by atoms with E-state index in [1.807, 2.05) is 0 Å². The fourth-order valence-corrected chi connectivity index (χ4v) is 1.87. The van der Waals surface area contributed by atoms with Gasteiger partial charge in [-0.3, -0.25) is 15.0 Å². The van der Waals surface area contributed by atoms with Gasteiger partial charge >= 0.3 is 6.18 Å². The van der Waals surface area contributed by atoms with Crippen LogP contribution < -0.4 is 5.73 Å². The van der Waals surface area contributed by atoms with Gasteiger partial charge < -0.3 is 5.73 Å². The molecule has 1 aromatic carbocycles. The predicted molar refractivity (Wildman–Crippen MR) is 69.1 cm³/mol. The maximum absolute atomic E-state index is 12.5. The maximum Gasteiger partial charge on any atom is 0.401 e. The third kappa shape index (κ3) is 5.04. The van der Waals surface area contributed by atoms with Gasteiger partial charge in [0.2, 0.25) is 0 Å². The van der Waals surface area contributed by atoms with Crippen molar-refractivity contribution in [1.82, 2.24) is 4.90 Å². The summed E-state index contributed by atoms with van der Waals surface area (Å²) < 4.78 is 37.4. The fourth-order valence-electron chi connectivity index (χ4n) is 1.87. The van der Waals surface area contributed by atoms with E-state index in [1.54, 1.807) is 6.92 Å². The number of non-ortho nitro benzene ring substituents is 1. The van der Waals surface area contributed by atoms with Gasteiger partial charge in [-0.05, 0) is 24.6 Å². The summed E-state index contributed by atoms with van der Waals surface area (Å²) in [7, 11) is 0. The zero-order valence-electron chi connectivity index (χ0n) is 11.0. The van der Waals surface area contributed by atoms with Crippen LogP contribution in [0.4, 0.5) is 24.5 Å². The lowest BCUT2D eigenvalue weighted by Gasteiger charge is -2.23. The molecule has 0 radical (unpaired) electrons. The third-order valence-electron chi connectivity index (χ3n) is 2.67. The topological polar surface area (TPSA) is 72.4 Å². The van der Waals surface area contributed by atoms with Crippen LogP contribution in [0.3, 0.4) is 0 Å². The number of hydrogen-bond acceptors (Lipinski definition) is 4. The Morgan fingerprint density at radius 1 is 1.40 bits per heavy atom. The second-order valence-electron chi connectivity index (χ2n) is 4.47. The largest absolute Gasteiger partial charge is 0.401 e. The summed E-state index contributed by atoms with van der Waals surface area (Å²) in [5, 5.41) is 10.7. The van der Waals surface area contributed by atoms with Gasteiger partial charge in [0.1, 0.15) is 0 Å². The zero-order chi connectivity index (χ0) is 15.3. The van der Waals surface area contributed by atoms with Crippen molar-refractivity contribution in [2.75, 3.05) is 18.8 Å². The van der Waals surface area contributed by atoms with Crippen molar-refractivity contribution >= 4 is 11.4 Å². The van der Waals surface area contributed by atoms with Crippen molar-refractivity contribution in [2.24, 2.45) is 0 Å². The van der Waals surface area contributed by atoms with Gasteiger partial charge in [-0.25, -0.2) is 0 Å². The first-order valence-electron chi connectivity index (χ1n) is 6.05. The Morgan fingerprint density at radius 2 is 2.05 bits per heavy atom. The summed E-state index contributed by atoms with van der Waals surface area (Å²) in [6.45, 7) is 0.867. The minimum atomic E-state index is -4.31. The molecule has 0 aliphatic rings. The molecule has 0 saturated carbocycles. The maximum atomic E-state index is 12.5. The van der Waals surface area contributed by atoms with E-state index in [-0.39, 0.29) is 24.5 Å². The van der Waals surface area contributed by atoms with Crippen LogP contribution in [0.1, 0.15) is 18.9 Å². The van der Waals surface area contributed by atoms with Crippen molar-refractivity contribution in [1.29, 1.82) is 0 Å². The molecule has 0 aliphatic carbocycles. The van der Waals surface area contributed by atoms with Gasteiger partial charge in [-0.1, -0.05) is 6.92 Å². The molecule has 0 fully saturated rings. The van der Waals surface area contributed by atoms with E-state index in [0.29, 0.717) is 12.0 Å². The Bertz CT molecular complexity index is 478. The molecule has 0 aliphatic heterocycles. The molecule has 0 heterocycles. The van der Waals surface area contributed by atoms with E-state index in [0.717, 1.165) is 0 Å². The average Bonchev–Trinajstić information content (AvgIpc) is 2.29. The lowest BCUT2D eigenvalue weighted by Crippen LogP contribution is -2.34. The molecule has 2 N–H and O–H groups in total. The zero-order valence-corrected chi connectivity index (χ0v) is 11.0. The van der Waals surface area contributed by atoms with Crippen molar-refractivity contribution in [2.45, 2.75) is 26.1 Å². The highest BCUT2D eigenvalue weighted by Gasteiger charge is 2.30. The lowest BCUT2D eigenvalue weighted by atomic mass is 10.1. The summed E-state index contributed by atoms with van der Waals surface area (Å²) in [5.41, 5.74) is 6.06. The number of benzene rings is 1. The van der Waals surface area contributed by atoms with Gasteiger partial charge in [0.25, 0.3) is 5.69 Å². The quantitative estimate of drug-likeness (QED) is 0.497. The molecule has 5 nitrogen and oxygen atoms in total. The van der Waals surface area contributed by atoms with E-state index < -0.39 is 17.6 Å². The van der Waals surface area contributed by atoms with Crippen molar-refractivity contribution in [3.63, 3.8) is 0 Å². The van der Waals surface area contributed by atoms with E-state index in [1.165, 1.54) is 23.1 Å². The summed E-state index contributed by atoms with van der Waals surface area (Å²) in [6, 6.07) is 3.78. The Kier molecular flexibility index (Phi) is 5.32. The molecule has 0 bridgehead atoms. The highest BCUT2D eigenvalue weighted by Crippen LogP contribution is 2.23. The molecule has 8 heteroatoms. The number of alkyl halides is 3. The fraction of sp³-hybridized carbons (Fsp3) is 0.500. The Hall–Kier alpha value is -1.83. The van der Waals surface area contributed by atoms with Gasteiger partial charge in [0.05, 0.1) is 11.5 Å². The average molecular weight is 291 g/mol. The molecule has 0 amide bonds. The molecule has 1 rings (SSSR count). The van der Waals surface area contributed by atoms with Crippen LogP contribution in [-0.2, 0) is 6.54 Å². The number of nitrogens with two attached hydrogens (primary N) is 1. The third-order valence-corrected chi connectivity index (χ3v) is 2.67. The second-order valence-corrected chi connectivity index (χ2v) is 4.47. The minimum absolute atomic E-state index is 0.0686. The summed E-state index contributed by atoms with van der Waals surface area (Å²) >= 11 is 0. The van der Waals surface area contributed by atoms with Gasteiger partial charge in [0.15, 0.2) is 0 Å². The first-order chi connectivity index (χ1) is 9.23. The normalized spacial score (nSPS) is 11.8. The van der Waals surface area contributed by atoms with Crippen LogP contribution in [0.25, 0.3) is 0 Å². The molecular formula is C12H16F3N3O2. The van der Waals surface area contributed by atoms with Crippen LogP contribution in [0.2, 0.25) is 0 Å². The van der Waals surface area contributed by atoms with Crippen molar-refractivity contribution in [3.8, 4) is 0 Å². The van der Waals surface area contributed by atoms with Crippen LogP contribution in [0.5, 0.6) is 0 Å². The summed E-state index contributed by atoms with van der Waals surface area (Å²) in [4.78, 5) is 11.3. The highest BCUT2D eigenvalue weighted by atomic mass is 19.4. The van der Waals surface area contributed by atoms with Crippen molar-refractivity contribution < 1.29 is 18.1 Å². The summed E-state index contributed by atoms with van der Waals surface area (Å²) in [6.07, 6.45) is -3.77. The molecule has 0 unspecified atom stereocenters. The van der Waals surface area contributed by atoms with Gasteiger partial charge in [0, 0.05) is 24.4 Å². The Morgan fingerprint density at radius 3 is 2.55 bits per heavy atom. The number of nitro benzene ring substituents is 1. The molecule has 0 atom stereocenters. The van der Waals surface area contributed by atoms with E-state index in [2.05, 4.69) is 0 Å². The number of anilines is 1. The van der Waals surface area contributed by atoms with Crippen LogP contribution in [0, 0.1) is 10.1 Å². The first kappa shape index (κ1) is 16.2. The number of nitrogens with zero attached hydrogens (tertiary/aromatic N) is 2.